The summed E-state index contributed by atoms with van der Waals surface area (Å²) in [6.45, 7) is 2.90. The molecule has 2 aromatic carbocycles. The number of esters is 1. The highest BCUT2D eigenvalue weighted by atomic mass is 32.2. The van der Waals surface area contributed by atoms with Crippen LogP contribution in [0.3, 0.4) is 0 Å². The van der Waals surface area contributed by atoms with E-state index in [9.17, 15) is 27.6 Å². The summed E-state index contributed by atoms with van der Waals surface area (Å²) in [5.74, 6) is -2.07. The molecule has 44 heavy (non-hydrogen) atoms. The second-order valence-corrected chi connectivity index (χ2v) is 12.4. The summed E-state index contributed by atoms with van der Waals surface area (Å²) in [6.07, 6.45) is 2.46. The van der Waals surface area contributed by atoms with Gasteiger partial charge >= 0.3 is 12.0 Å². The van der Waals surface area contributed by atoms with Crippen LogP contribution in [0.1, 0.15) is 39.0 Å². The maximum atomic E-state index is 12.9. The SMILES string of the molecule is CC(=O)O[C@H]1CCCN(C(=N)N)C1.CNC(=O)N1CCCC(C(N)=O)C1C(=O)CCNS(=O)(=O)c1ccc2ccccc2c1. The van der Waals surface area contributed by atoms with Crippen molar-refractivity contribution >= 4 is 50.4 Å². The molecule has 0 aromatic heterocycles. The fourth-order valence-electron chi connectivity index (χ4n) is 5.43. The van der Waals surface area contributed by atoms with Gasteiger partial charge < -0.3 is 31.3 Å². The number of sulfonamides is 1. The average molecular weight is 632 g/mol. The highest BCUT2D eigenvalue weighted by molar-refractivity contribution is 7.89. The molecule has 4 rings (SSSR count). The number of nitrogens with one attached hydrogen (secondary N) is 3. The van der Waals surface area contributed by atoms with E-state index in [1.807, 2.05) is 24.3 Å². The number of carbonyl (C=O) groups is 4. The molecule has 2 unspecified atom stereocenters. The number of primary amides is 1. The quantitative estimate of drug-likeness (QED) is 0.158. The monoisotopic (exact) mass is 631 g/mol. The van der Waals surface area contributed by atoms with Crippen molar-refractivity contribution in [3.63, 3.8) is 0 Å². The lowest BCUT2D eigenvalue weighted by Crippen LogP contribution is -2.58. The van der Waals surface area contributed by atoms with Gasteiger partial charge in [-0.15, -0.1) is 0 Å². The second-order valence-electron chi connectivity index (χ2n) is 10.7. The van der Waals surface area contributed by atoms with Gasteiger partial charge in [0.15, 0.2) is 11.7 Å². The van der Waals surface area contributed by atoms with E-state index in [2.05, 4.69) is 10.0 Å². The first-order valence-corrected chi connectivity index (χ1v) is 15.9. The summed E-state index contributed by atoms with van der Waals surface area (Å²) in [7, 11) is -2.39. The van der Waals surface area contributed by atoms with Gasteiger partial charge in [-0.25, -0.2) is 17.9 Å². The van der Waals surface area contributed by atoms with Gasteiger partial charge in [0.05, 0.1) is 17.4 Å². The average Bonchev–Trinajstić information content (AvgIpc) is 3.00. The minimum absolute atomic E-state index is 0.0526. The molecule has 2 heterocycles. The number of likely N-dealkylation sites (tertiary alicyclic amines) is 2. The molecule has 15 heteroatoms. The zero-order valence-corrected chi connectivity index (χ0v) is 25.8. The molecular weight excluding hydrogens is 590 g/mol. The third kappa shape index (κ3) is 9.13. The number of fused-ring (bicyclic) bond motifs is 1. The van der Waals surface area contributed by atoms with E-state index in [1.165, 1.54) is 24.9 Å². The van der Waals surface area contributed by atoms with Gasteiger partial charge in [-0.2, -0.15) is 0 Å². The number of benzene rings is 2. The smallest absolute Gasteiger partial charge is 0.317 e. The molecule has 2 fully saturated rings. The predicted molar refractivity (Wildman–Crippen MR) is 164 cm³/mol. The van der Waals surface area contributed by atoms with E-state index in [-0.39, 0.29) is 35.9 Å². The molecule has 0 radical (unpaired) electrons. The number of Topliss-reactive ketones (excluding diaryl/α,β-unsaturated/α-hetero) is 1. The summed E-state index contributed by atoms with van der Waals surface area (Å²) in [5, 5.41) is 11.4. The normalized spacial score (nSPS) is 20.2. The Balaban J connectivity index is 0.000000340. The first-order chi connectivity index (χ1) is 20.8. The maximum absolute atomic E-state index is 12.9. The number of amides is 3. The third-order valence-electron chi connectivity index (χ3n) is 7.55. The summed E-state index contributed by atoms with van der Waals surface area (Å²) in [4.78, 5) is 50.7. The van der Waals surface area contributed by atoms with Crippen LogP contribution in [0.2, 0.25) is 0 Å². The Morgan fingerprint density at radius 1 is 1.02 bits per heavy atom. The van der Waals surface area contributed by atoms with E-state index in [4.69, 9.17) is 21.6 Å². The Hall–Kier alpha value is -4.24. The molecule has 3 atom stereocenters. The van der Waals surface area contributed by atoms with Crippen LogP contribution in [-0.4, -0.2) is 93.2 Å². The van der Waals surface area contributed by atoms with E-state index in [0.29, 0.717) is 25.9 Å². The van der Waals surface area contributed by atoms with E-state index < -0.39 is 39.7 Å². The number of hydrogen-bond acceptors (Lipinski definition) is 8. The molecule has 2 saturated heterocycles. The van der Waals surface area contributed by atoms with Crippen molar-refractivity contribution < 1.29 is 32.3 Å². The number of hydrogen-bond donors (Lipinski definition) is 5. The summed E-state index contributed by atoms with van der Waals surface area (Å²) >= 11 is 0. The molecule has 3 amide bonds. The number of piperidine rings is 2. The molecule has 240 valence electrons. The van der Waals surface area contributed by atoms with Gasteiger partial charge in [0.25, 0.3) is 0 Å². The molecular formula is C29H41N7O7S. The Bertz CT molecular complexity index is 1480. The second kappa shape index (κ2) is 15.5. The van der Waals surface area contributed by atoms with Crippen LogP contribution in [0, 0.1) is 11.3 Å². The Labute approximate surface area is 257 Å². The summed E-state index contributed by atoms with van der Waals surface area (Å²) in [5.41, 5.74) is 10.8. The van der Waals surface area contributed by atoms with Crippen LogP contribution in [-0.2, 0) is 29.1 Å². The number of guanidine groups is 1. The van der Waals surface area contributed by atoms with Gasteiger partial charge in [-0.1, -0.05) is 30.3 Å². The van der Waals surface area contributed by atoms with Crippen molar-refractivity contribution in [2.75, 3.05) is 33.2 Å². The fraction of sp³-hybridized carbons (Fsp3) is 0.483. The number of ether oxygens (including phenoxy) is 1. The lowest BCUT2D eigenvalue weighted by atomic mass is 9.85. The maximum Gasteiger partial charge on any atom is 0.317 e. The van der Waals surface area contributed by atoms with Crippen molar-refractivity contribution in [3.05, 3.63) is 42.5 Å². The van der Waals surface area contributed by atoms with E-state index >= 15 is 0 Å². The van der Waals surface area contributed by atoms with Crippen LogP contribution >= 0.6 is 0 Å². The summed E-state index contributed by atoms with van der Waals surface area (Å²) < 4.78 is 32.8. The van der Waals surface area contributed by atoms with Crippen LogP contribution in [0.5, 0.6) is 0 Å². The molecule has 0 spiro atoms. The molecule has 2 aliphatic rings. The van der Waals surface area contributed by atoms with Crippen molar-refractivity contribution in [1.82, 2.24) is 19.8 Å². The lowest BCUT2D eigenvalue weighted by molar-refractivity contribution is -0.148. The first kappa shape index (κ1) is 34.3. The van der Waals surface area contributed by atoms with Gasteiger partial charge in [-0.3, -0.25) is 19.8 Å². The van der Waals surface area contributed by atoms with Crippen LogP contribution in [0.4, 0.5) is 4.79 Å². The number of urea groups is 1. The van der Waals surface area contributed by atoms with Gasteiger partial charge in [0.1, 0.15) is 12.1 Å². The highest BCUT2D eigenvalue weighted by Gasteiger charge is 2.41. The molecule has 2 aromatic rings. The van der Waals surface area contributed by atoms with Crippen LogP contribution < -0.4 is 21.5 Å². The Kier molecular flexibility index (Phi) is 12.0. The zero-order chi connectivity index (χ0) is 32.4. The number of rotatable bonds is 8. The van der Waals surface area contributed by atoms with Crippen molar-refractivity contribution in [2.45, 2.75) is 56.1 Å². The molecule has 0 aliphatic carbocycles. The highest BCUT2D eigenvalue weighted by Crippen LogP contribution is 2.25. The lowest BCUT2D eigenvalue weighted by Gasteiger charge is -2.38. The van der Waals surface area contributed by atoms with E-state index in [0.717, 1.165) is 30.2 Å². The topological polar surface area (TPSA) is 218 Å². The Morgan fingerprint density at radius 3 is 2.34 bits per heavy atom. The number of carbonyl (C=O) groups excluding carboxylic acids is 4. The minimum atomic E-state index is -3.83. The van der Waals surface area contributed by atoms with Crippen molar-refractivity contribution in [2.24, 2.45) is 17.4 Å². The van der Waals surface area contributed by atoms with Gasteiger partial charge in [-0.05, 0) is 48.6 Å². The summed E-state index contributed by atoms with van der Waals surface area (Å²) in [6, 6.07) is 10.7. The largest absolute Gasteiger partial charge is 0.461 e. The molecule has 0 saturated carbocycles. The number of nitrogens with zero attached hydrogens (tertiary/aromatic N) is 2. The van der Waals surface area contributed by atoms with E-state index in [1.54, 1.807) is 17.0 Å². The van der Waals surface area contributed by atoms with Crippen molar-refractivity contribution in [1.29, 1.82) is 5.41 Å². The van der Waals surface area contributed by atoms with Crippen LogP contribution in [0.25, 0.3) is 10.8 Å². The zero-order valence-electron chi connectivity index (χ0n) is 25.0. The first-order valence-electron chi connectivity index (χ1n) is 14.4. The van der Waals surface area contributed by atoms with Crippen molar-refractivity contribution in [3.8, 4) is 0 Å². The Morgan fingerprint density at radius 2 is 1.70 bits per heavy atom. The van der Waals surface area contributed by atoms with Gasteiger partial charge in [0, 0.05) is 40.0 Å². The molecule has 7 N–H and O–H groups in total. The van der Waals surface area contributed by atoms with Gasteiger partial charge in [0.2, 0.25) is 15.9 Å². The number of nitrogens with two attached hydrogens (primary N) is 2. The molecule has 0 bridgehead atoms. The molecule has 14 nitrogen and oxygen atoms in total. The molecule has 2 aliphatic heterocycles. The standard InChI is InChI=1S/C21H26N4O5S.C8H15N3O2/c1-23-21(28)25-12-4-7-17(20(22)27)19(25)18(26)10-11-24-31(29,30)16-9-8-14-5-2-3-6-15(14)13-16;1-6(12)13-7-3-2-4-11(5-7)8(9)10/h2-3,5-6,8-9,13,17,19,24H,4,7,10-12H2,1H3,(H2,22,27)(H,23,28);7H,2-5H2,1H3,(H3,9,10)/t;7-/m.0/s1. The minimum Gasteiger partial charge on any atom is -0.461 e. The van der Waals surface area contributed by atoms with Crippen LogP contribution in [0.15, 0.2) is 47.4 Å². The number of ketones is 1. The third-order valence-corrected chi connectivity index (χ3v) is 9.01. The predicted octanol–water partition coefficient (Wildman–Crippen LogP) is 0.890. The fourth-order valence-corrected chi connectivity index (χ4v) is 6.49.